The van der Waals surface area contributed by atoms with Gasteiger partial charge in [-0.3, -0.25) is 0 Å². The van der Waals surface area contributed by atoms with E-state index in [4.69, 9.17) is 13.6 Å². The molecule has 0 radical (unpaired) electrons. The summed E-state index contributed by atoms with van der Waals surface area (Å²) in [4.78, 5) is 0. The Bertz CT molecular complexity index is 648. The van der Waals surface area contributed by atoms with Crippen LogP contribution in [0.25, 0.3) is 0 Å². The van der Waals surface area contributed by atoms with E-state index >= 15 is 0 Å². The third-order valence-corrected chi connectivity index (χ3v) is 8.13. The quantitative estimate of drug-likeness (QED) is 0.756. The third-order valence-electron chi connectivity index (χ3n) is 4.49. The van der Waals surface area contributed by atoms with Crippen molar-refractivity contribution in [2.24, 2.45) is 5.41 Å². The van der Waals surface area contributed by atoms with Gasteiger partial charge in [-0.1, -0.05) is 60.7 Å². The van der Waals surface area contributed by atoms with Crippen LogP contribution in [0.5, 0.6) is 0 Å². The third kappa shape index (κ3) is 4.08. The molecule has 0 spiro atoms. The first-order chi connectivity index (χ1) is 12.4. The summed E-state index contributed by atoms with van der Waals surface area (Å²) >= 11 is 0. The maximum absolute atomic E-state index is 9.82. The Labute approximate surface area is 157 Å². The first kappa shape index (κ1) is 19.3. The number of hydrogen-bond acceptors (Lipinski definition) is 4. The molecular formula is C21H28O4Si. The highest BCUT2D eigenvalue weighted by molar-refractivity contribution is 6.92. The lowest BCUT2D eigenvalue weighted by atomic mass is 9.88. The molecule has 3 rings (SSSR count). The molecule has 0 bridgehead atoms. The second kappa shape index (κ2) is 7.62. The summed E-state index contributed by atoms with van der Waals surface area (Å²) in [5, 5.41) is 12.0. The molecule has 1 heterocycles. The molecule has 1 aliphatic rings. The highest BCUT2D eigenvalue weighted by Gasteiger charge is 2.49. The Kier molecular flexibility index (Phi) is 5.65. The Hall–Kier alpha value is -1.50. The van der Waals surface area contributed by atoms with Crippen LogP contribution in [0.1, 0.15) is 20.8 Å². The van der Waals surface area contributed by atoms with Crippen LogP contribution in [0.4, 0.5) is 0 Å². The summed E-state index contributed by atoms with van der Waals surface area (Å²) < 4.78 is 18.7. The minimum atomic E-state index is -2.96. The minimum Gasteiger partial charge on any atom is -0.396 e. The largest absolute Gasteiger partial charge is 0.407 e. The van der Waals surface area contributed by atoms with E-state index in [-0.39, 0.29) is 17.6 Å². The molecule has 0 aromatic heterocycles. The van der Waals surface area contributed by atoms with Crippen LogP contribution in [0, 0.1) is 5.41 Å². The van der Waals surface area contributed by atoms with Crippen molar-refractivity contribution in [2.75, 3.05) is 26.4 Å². The van der Waals surface area contributed by atoms with Crippen molar-refractivity contribution in [3.63, 3.8) is 0 Å². The smallest absolute Gasteiger partial charge is 0.396 e. The van der Waals surface area contributed by atoms with Crippen LogP contribution in [0.3, 0.4) is 0 Å². The number of aliphatic hydroxyl groups is 1. The zero-order valence-electron chi connectivity index (χ0n) is 15.8. The molecule has 1 N–H and O–H groups in total. The fraction of sp³-hybridized carbons (Fsp3) is 0.429. The van der Waals surface area contributed by atoms with Gasteiger partial charge in [-0.05, 0) is 31.1 Å². The maximum atomic E-state index is 9.82. The van der Waals surface area contributed by atoms with Crippen LogP contribution in [0.2, 0.25) is 0 Å². The Balaban J connectivity index is 2.05. The van der Waals surface area contributed by atoms with E-state index in [9.17, 15) is 5.11 Å². The van der Waals surface area contributed by atoms with Crippen molar-refractivity contribution < 1.29 is 18.7 Å². The first-order valence-electron chi connectivity index (χ1n) is 9.03. The van der Waals surface area contributed by atoms with E-state index in [2.05, 4.69) is 45.0 Å². The first-order valence-corrected chi connectivity index (χ1v) is 10.8. The maximum Gasteiger partial charge on any atom is 0.407 e. The van der Waals surface area contributed by atoms with Gasteiger partial charge in [-0.15, -0.1) is 0 Å². The highest BCUT2D eigenvalue weighted by atomic mass is 28.4. The zero-order valence-corrected chi connectivity index (χ0v) is 16.8. The van der Waals surface area contributed by atoms with E-state index in [1.165, 1.54) is 0 Å². The molecule has 0 amide bonds. The lowest BCUT2D eigenvalue weighted by molar-refractivity contribution is -0.157. The van der Waals surface area contributed by atoms with Crippen LogP contribution >= 0.6 is 0 Å². The van der Waals surface area contributed by atoms with Crippen LogP contribution in [0.15, 0.2) is 60.7 Å². The lowest BCUT2D eigenvalue weighted by Gasteiger charge is -2.44. The predicted molar refractivity (Wildman–Crippen MR) is 105 cm³/mol. The van der Waals surface area contributed by atoms with E-state index in [0.717, 1.165) is 10.4 Å². The van der Waals surface area contributed by atoms with Crippen LogP contribution < -0.4 is 10.4 Å². The number of rotatable bonds is 7. The van der Waals surface area contributed by atoms with Gasteiger partial charge in [-0.2, -0.15) is 0 Å². The van der Waals surface area contributed by atoms with Gasteiger partial charge in [0.1, 0.15) is 0 Å². The second-order valence-corrected chi connectivity index (χ2v) is 10.9. The topological polar surface area (TPSA) is 47.9 Å². The van der Waals surface area contributed by atoms with Crippen molar-refractivity contribution in [1.82, 2.24) is 0 Å². The standard InChI is InChI=1S/C21H28O4Si/c1-20(2,3)25-26(18-10-6-4-7-11-18,19-12-8-5-9-13-19)24-17-21(14-22)15-23-16-21/h4-13,22H,14-17H2,1-3H3. The SMILES string of the molecule is CC(C)(C)O[Si](OCC1(CO)COC1)(c1ccccc1)c1ccccc1. The van der Waals surface area contributed by atoms with E-state index < -0.39 is 8.56 Å². The van der Waals surface area contributed by atoms with Crippen molar-refractivity contribution in [3.05, 3.63) is 60.7 Å². The van der Waals surface area contributed by atoms with Gasteiger partial charge in [-0.25, -0.2) is 0 Å². The van der Waals surface area contributed by atoms with Crippen LogP contribution in [-0.2, 0) is 13.6 Å². The molecule has 0 saturated carbocycles. The summed E-state index contributed by atoms with van der Waals surface area (Å²) in [6.07, 6.45) is 0. The molecule has 0 unspecified atom stereocenters. The van der Waals surface area contributed by atoms with Gasteiger partial charge >= 0.3 is 8.56 Å². The van der Waals surface area contributed by atoms with Crippen molar-refractivity contribution in [3.8, 4) is 0 Å². The van der Waals surface area contributed by atoms with E-state index in [0.29, 0.717) is 19.8 Å². The molecule has 5 heteroatoms. The molecule has 1 aliphatic heterocycles. The van der Waals surface area contributed by atoms with E-state index in [1.54, 1.807) is 0 Å². The average molecular weight is 373 g/mol. The Morgan fingerprint density at radius 3 is 1.81 bits per heavy atom. The molecule has 0 atom stereocenters. The normalized spacial score (nSPS) is 16.9. The fourth-order valence-corrected chi connectivity index (χ4v) is 6.69. The van der Waals surface area contributed by atoms with Crippen LogP contribution in [-0.4, -0.2) is 45.7 Å². The van der Waals surface area contributed by atoms with Gasteiger partial charge in [0, 0.05) is 6.61 Å². The monoisotopic (exact) mass is 372 g/mol. The lowest BCUT2D eigenvalue weighted by Crippen LogP contribution is -2.67. The summed E-state index contributed by atoms with van der Waals surface area (Å²) in [5.74, 6) is 0. The Morgan fingerprint density at radius 2 is 1.46 bits per heavy atom. The van der Waals surface area contributed by atoms with Gasteiger partial charge in [0.05, 0.1) is 30.8 Å². The average Bonchev–Trinajstić information content (AvgIpc) is 2.60. The van der Waals surface area contributed by atoms with Crippen molar-refractivity contribution >= 4 is 18.9 Å². The molecule has 140 valence electrons. The molecule has 2 aromatic rings. The zero-order chi connectivity index (χ0) is 18.7. The molecule has 1 fully saturated rings. The molecule has 2 aromatic carbocycles. The highest BCUT2D eigenvalue weighted by Crippen LogP contribution is 2.29. The van der Waals surface area contributed by atoms with Gasteiger partial charge in [0.2, 0.25) is 0 Å². The molecule has 1 saturated heterocycles. The molecule has 0 aliphatic carbocycles. The van der Waals surface area contributed by atoms with E-state index in [1.807, 2.05) is 36.4 Å². The predicted octanol–water partition coefficient (Wildman–Crippen LogP) is 2.08. The van der Waals surface area contributed by atoms with Gasteiger partial charge in [0.25, 0.3) is 0 Å². The molecule has 4 nitrogen and oxygen atoms in total. The summed E-state index contributed by atoms with van der Waals surface area (Å²) in [7, 11) is -2.96. The number of aliphatic hydroxyl groups excluding tert-OH is 1. The van der Waals surface area contributed by atoms with Gasteiger partial charge < -0.3 is 18.7 Å². The number of hydrogen-bond donors (Lipinski definition) is 1. The van der Waals surface area contributed by atoms with Crippen molar-refractivity contribution in [2.45, 2.75) is 26.4 Å². The summed E-state index contributed by atoms with van der Waals surface area (Å²) in [6, 6.07) is 20.4. The minimum absolute atomic E-state index is 0.0522. The number of benzene rings is 2. The fourth-order valence-electron chi connectivity index (χ4n) is 3.09. The van der Waals surface area contributed by atoms with Crippen molar-refractivity contribution in [1.29, 1.82) is 0 Å². The Morgan fingerprint density at radius 1 is 0.962 bits per heavy atom. The van der Waals surface area contributed by atoms with Gasteiger partial charge in [0.15, 0.2) is 0 Å². The summed E-state index contributed by atoms with van der Waals surface area (Å²) in [6.45, 7) is 7.67. The molecular weight excluding hydrogens is 344 g/mol. The second-order valence-electron chi connectivity index (χ2n) is 8.00. The molecule has 26 heavy (non-hydrogen) atoms. The summed E-state index contributed by atoms with van der Waals surface area (Å²) in [5.41, 5.74) is -0.705. The number of ether oxygens (including phenoxy) is 1.